The molecule has 0 radical (unpaired) electrons. The van der Waals surface area contributed by atoms with Gasteiger partial charge in [-0.25, -0.2) is 5.43 Å². The number of aliphatic hydroxyl groups is 2. The van der Waals surface area contributed by atoms with Gasteiger partial charge < -0.3 is 25.5 Å². The van der Waals surface area contributed by atoms with Crippen LogP contribution in [0.15, 0.2) is 48.8 Å². The molecule has 4 rings (SSSR count). The van der Waals surface area contributed by atoms with Gasteiger partial charge in [-0.1, -0.05) is 18.2 Å². The summed E-state index contributed by atoms with van der Waals surface area (Å²) in [6, 6.07) is 7.94. The van der Waals surface area contributed by atoms with Gasteiger partial charge in [-0.05, 0) is 43.2 Å². The first-order valence-electron chi connectivity index (χ1n) is 10.6. The first-order chi connectivity index (χ1) is 15.7. The van der Waals surface area contributed by atoms with Gasteiger partial charge in [-0.15, -0.1) is 0 Å². The van der Waals surface area contributed by atoms with E-state index in [9.17, 15) is 24.9 Å². The maximum absolute atomic E-state index is 12.8. The average Bonchev–Trinajstić information content (AvgIpc) is 3.47. The van der Waals surface area contributed by atoms with Crippen LogP contribution in [0.2, 0.25) is 0 Å². The highest BCUT2D eigenvalue weighted by atomic mass is 16.4. The predicted octanol–water partition coefficient (Wildman–Crippen LogP) is 0.457. The first-order valence-corrected chi connectivity index (χ1v) is 10.6. The van der Waals surface area contributed by atoms with Crippen molar-refractivity contribution in [3.63, 3.8) is 0 Å². The third kappa shape index (κ3) is 4.40. The van der Waals surface area contributed by atoms with E-state index >= 15 is 0 Å². The number of nitrogens with zero attached hydrogens (tertiary/aromatic N) is 3. The quantitative estimate of drug-likeness (QED) is 0.425. The van der Waals surface area contributed by atoms with Crippen molar-refractivity contribution in [2.75, 3.05) is 11.6 Å². The van der Waals surface area contributed by atoms with E-state index in [1.54, 1.807) is 42.5 Å². The molecule has 1 aromatic heterocycles. The molecule has 0 spiro atoms. The molecule has 33 heavy (non-hydrogen) atoms. The Labute approximate surface area is 191 Å². The smallest absolute Gasteiger partial charge is 0.255 e. The summed E-state index contributed by atoms with van der Waals surface area (Å²) in [7, 11) is 0. The summed E-state index contributed by atoms with van der Waals surface area (Å²) in [5.41, 5.74) is 3.42. The Hall–Kier alpha value is -3.47. The summed E-state index contributed by atoms with van der Waals surface area (Å²) in [4.78, 5) is 31.1. The van der Waals surface area contributed by atoms with Crippen molar-refractivity contribution in [3.8, 4) is 5.75 Å². The van der Waals surface area contributed by atoms with E-state index < -0.39 is 29.6 Å². The van der Waals surface area contributed by atoms with Gasteiger partial charge in [0, 0.05) is 25.5 Å². The van der Waals surface area contributed by atoms with Crippen LogP contribution in [-0.4, -0.2) is 55.3 Å². The van der Waals surface area contributed by atoms with Gasteiger partial charge in [0.25, 0.3) is 11.8 Å². The third-order valence-electron chi connectivity index (χ3n) is 5.96. The lowest BCUT2D eigenvalue weighted by Crippen LogP contribution is -2.58. The summed E-state index contributed by atoms with van der Waals surface area (Å²) in [6.45, 7) is 3.88. The minimum atomic E-state index is -2.36. The zero-order valence-electron chi connectivity index (χ0n) is 18.4. The summed E-state index contributed by atoms with van der Waals surface area (Å²) >= 11 is 0. The number of hydrogen-bond acceptors (Lipinski definition) is 8. The lowest BCUT2D eigenvalue weighted by atomic mass is 9.95. The number of benzene rings is 1. The molecule has 3 atom stereocenters. The Bertz CT molecular complexity index is 1080. The highest BCUT2D eigenvalue weighted by molar-refractivity contribution is 5.94. The minimum absolute atomic E-state index is 0.0110. The molecule has 2 aliphatic heterocycles. The number of fused-ring (bicyclic) bond motifs is 1. The summed E-state index contributed by atoms with van der Waals surface area (Å²) in [5.74, 6) is -1.65. The Morgan fingerprint density at radius 1 is 1.27 bits per heavy atom. The summed E-state index contributed by atoms with van der Waals surface area (Å²) in [6.07, 6.45) is 3.37. The summed E-state index contributed by atoms with van der Waals surface area (Å²) in [5, 5.41) is 36.0. The van der Waals surface area contributed by atoms with Gasteiger partial charge in [0.1, 0.15) is 5.75 Å². The zero-order valence-corrected chi connectivity index (χ0v) is 18.4. The van der Waals surface area contributed by atoms with Crippen molar-refractivity contribution in [2.24, 2.45) is 0 Å². The van der Waals surface area contributed by atoms with E-state index in [0.717, 1.165) is 18.2 Å². The predicted molar refractivity (Wildman–Crippen MR) is 119 cm³/mol. The Morgan fingerprint density at radius 3 is 2.73 bits per heavy atom. The van der Waals surface area contributed by atoms with Crippen LogP contribution < -0.4 is 15.8 Å². The van der Waals surface area contributed by atoms with Crippen LogP contribution in [0.1, 0.15) is 36.7 Å². The van der Waals surface area contributed by atoms with E-state index in [4.69, 9.17) is 0 Å². The molecule has 2 amide bonds. The number of anilines is 1. The second-order valence-corrected chi connectivity index (χ2v) is 8.41. The normalized spacial score (nSPS) is 18.5. The highest BCUT2D eigenvalue weighted by Crippen LogP contribution is 2.31. The number of nitrogens with one attached hydrogen (secondary N) is 2. The number of hydrazine groups is 1. The van der Waals surface area contributed by atoms with E-state index in [1.807, 2.05) is 12.1 Å². The van der Waals surface area contributed by atoms with E-state index in [1.165, 1.54) is 11.0 Å². The van der Waals surface area contributed by atoms with Gasteiger partial charge in [-0.2, -0.15) is 0 Å². The number of carbonyl (C=O) groups excluding carboxylic acids is 2. The number of hydrogen-bond donors (Lipinski definition) is 5. The zero-order chi connectivity index (χ0) is 23.8. The highest BCUT2D eigenvalue weighted by Gasteiger charge is 2.45. The van der Waals surface area contributed by atoms with Crippen LogP contribution in [0, 0.1) is 0 Å². The van der Waals surface area contributed by atoms with Crippen molar-refractivity contribution in [2.45, 2.75) is 44.7 Å². The van der Waals surface area contributed by atoms with Crippen LogP contribution in [0.3, 0.4) is 0 Å². The fraction of sp³-hybridized carbons (Fsp3) is 0.348. The molecule has 10 nitrogen and oxygen atoms in total. The molecule has 1 aromatic carbocycles. The lowest BCUT2D eigenvalue weighted by molar-refractivity contribution is -0.166. The van der Waals surface area contributed by atoms with Gasteiger partial charge >= 0.3 is 0 Å². The van der Waals surface area contributed by atoms with Crippen molar-refractivity contribution in [1.82, 2.24) is 20.6 Å². The molecule has 0 fully saturated rings. The number of amides is 2. The van der Waals surface area contributed by atoms with Crippen LogP contribution in [-0.2, 0) is 22.7 Å². The molecule has 0 bridgehead atoms. The van der Waals surface area contributed by atoms with Crippen LogP contribution >= 0.6 is 0 Å². The summed E-state index contributed by atoms with van der Waals surface area (Å²) < 4.78 is 0. The fourth-order valence-corrected chi connectivity index (χ4v) is 3.86. The maximum atomic E-state index is 12.8. The molecule has 174 valence electrons. The van der Waals surface area contributed by atoms with Gasteiger partial charge in [-0.3, -0.25) is 19.6 Å². The molecule has 0 saturated heterocycles. The third-order valence-corrected chi connectivity index (χ3v) is 5.96. The SMILES string of the molecule is C[C@@H](NC(=O)[C@](C)(O)[C@@H](O)C(=O)N1Cc2cccnc2C1)c1ccc(N2C=CCN2)c(O)c1. The molecule has 2 aliphatic rings. The second-order valence-electron chi connectivity index (χ2n) is 8.41. The fourth-order valence-electron chi connectivity index (χ4n) is 3.86. The Kier molecular flexibility index (Phi) is 6.07. The second kappa shape index (κ2) is 8.81. The number of aromatic nitrogens is 1. The lowest BCUT2D eigenvalue weighted by Gasteiger charge is -2.31. The molecule has 0 saturated carbocycles. The molecular weight excluding hydrogens is 426 g/mol. The topological polar surface area (TPSA) is 138 Å². The first kappa shape index (κ1) is 22.7. The minimum Gasteiger partial charge on any atom is -0.506 e. The molecule has 0 unspecified atom stereocenters. The molecule has 5 N–H and O–H groups in total. The largest absolute Gasteiger partial charge is 0.506 e. The number of rotatable bonds is 6. The van der Waals surface area contributed by atoms with E-state index in [2.05, 4.69) is 15.7 Å². The van der Waals surface area contributed by atoms with Crippen LogP contribution in [0.4, 0.5) is 5.69 Å². The Morgan fingerprint density at radius 2 is 2.06 bits per heavy atom. The molecular formula is C23H27N5O5. The van der Waals surface area contributed by atoms with Gasteiger partial charge in [0.2, 0.25) is 0 Å². The van der Waals surface area contributed by atoms with E-state index in [0.29, 0.717) is 17.8 Å². The Balaban J connectivity index is 1.41. The number of pyridine rings is 1. The van der Waals surface area contributed by atoms with Crippen molar-refractivity contribution < 1.29 is 24.9 Å². The standard InChI is InChI=1S/C23H27N5O5/c1-14(15-6-7-18(19(29)11-15)28-10-4-9-25-28)26-22(32)23(2,33)20(30)21(31)27-12-16-5-3-8-24-17(16)13-27/h3-8,10-11,14,20,25,29-30,33H,9,12-13H2,1-2H3,(H,26,32)/t14-,20+,23-/m1/s1. The molecule has 3 heterocycles. The number of aromatic hydroxyl groups is 1. The average molecular weight is 453 g/mol. The molecule has 2 aromatic rings. The van der Waals surface area contributed by atoms with Crippen LogP contribution in [0.25, 0.3) is 0 Å². The monoisotopic (exact) mass is 453 g/mol. The van der Waals surface area contributed by atoms with Gasteiger partial charge in [0.05, 0.1) is 24.0 Å². The number of phenols is 1. The van der Waals surface area contributed by atoms with Gasteiger partial charge in [0.15, 0.2) is 11.7 Å². The molecule has 0 aliphatic carbocycles. The van der Waals surface area contributed by atoms with Crippen molar-refractivity contribution in [3.05, 3.63) is 65.6 Å². The van der Waals surface area contributed by atoms with Crippen molar-refractivity contribution in [1.29, 1.82) is 0 Å². The molecule has 10 heteroatoms. The van der Waals surface area contributed by atoms with Crippen molar-refractivity contribution >= 4 is 17.5 Å². The maximum Gasteiger partial charge on any atom is 0.255 e. The number of phenolic OH excluding ortho intramolecular Hbond substituents is 1. The van der Waals surface area contributed by atoms with Crippen LogP contribution in [0.5, 0.6) is 5.75 Å². The number of aliphatic hydroxyl groups excluding tert-OH is 1. The van der Waals surface area contributed by atoms with E-state index in [-0.39, 0.29) is 18.8 Å². The number of carbonyl (C=O) groups is 2.